The van der Waals surface area contributed by atoms with Gasteiger partial charge in [-0.1, -0.05) is 25.4 Å². The van der Waals surface area contributed by atoms with Crippen molar-refractivity contribution in [1.29, 1.82) is 0 Å². The van der Waals surface area contributed by atoms with E-state index in [0.29, 0.717) is 22.3 Å². The van der Waals surface area contributed by atoms with Crippen molar-refractivity contribution in [2.24, 2.45) is 0 Å². The zero-order chi connectivity index (χ0) is 11.7. The van der Waals surface area contributed by atoms with E-state index in [1.54, 1.807) is 16.8 Å². The molecule has 2 aromatic heterocycles. The Morgan fingerprint density at radius 2 is 2.12 bits per heavy atom. The molecule has 0 amide bonds. The molecule has 0 aliphatic rings. The first-order valence-corrected chi connectivity index (χ1v) is 5.84. The van der Waals surface area contributed by atoms with Crippen LogP contribution >= 0.6 is 11.6 Å². The van der Waals surface area contributed by atoms with Crippen molar-refractivity contribution in [3.63, 3.8) is 0 Å². The zero-order valence-corrected chi connectivity index (χ0v) is 10.2. The van der Waals surface area contributed by atoms with Gasteiger partial charge in [-0.3, -0.25) is 0 Å². The van der Waals surface area contributed by atoms with E-state index in [1.807, 2.05) is 0 Å². The van der Waals surface area contributed by atoms with Crippen LogP contribution in [0.2, 0.25) is 5.02 Å². The van der Waals surface area contributed by atoms with Crippen molar-refractivity contribution in [2.75, 3.05) is 5.73 Å². The molecule has 0 aromatic carbocycles. The van der Waals surface area contributed by atoms with E-state index in [0.717, 1.165) is 18.7 Å². The number of halogens is 1. The molecule has 16 heavy (non-hydrogen) atoms. The third kappa shape index (κ3) is 1.85. The molecule has 0 bridgehead atoms. The zero-order valence-electron chi connectivity index (χ0n) is 9.44. The lowest BCUT2D eigenvalue weighted by atomic mass is 10.0. The number of pyridine rings is 1. The quantitative estimate of drug-likeness (QED) is 0.895. The average molecular weight is 239 g/mol. The maximum atomic E-state index is 5.91. The highest BCUT2D eigenvalue weighted by Crippen LogP contribution is 2.23. The van der Waals surface area contributed by atoms with Crippen LogP contribution in [0.3, 0.4) is 0 Å². The van der Waals surface area contributed by atoms with Crippen molar-refractivity contribution >= 4 is 22.9 Å². The van der Waals surface area contributed by atoms with Crippen LogP contribution in [0.4, 0.5) is 5.69 Å². The van der Waals surface area contributed by atoms with Crippen LogP contribution in [0.1, 0.15) is 38.4 Å². The number of fused-ring (bicyclic) bond motifs is 1. The topological polar surface area (TPSA) is 56.2 Å². The maximum absolute atomic E-state index is 5.91. The summed E-state index contributed by atoms with van der Waals surface area (Å²) in [6, 6.07) is 1.70. The van der Waals surface area contributed by atoms with Gasteiger partial charge in [-0.25, -0.2) is 9.50 Å². The molecule has 0 saturated carbocycles. The van der Waals surface area contributed by atoms with Gasteiger partial charge in [0, 0.05) is 12.1 Å². The summed E-state index contributed by atoms with van der Waals surface area (Å²) in [6.07, 6.45) is 3.79. The van der Waals surface area contributed by atoms with E-state index in [4.69, 9.17) is 17.3 Å². The molecule has 2 heterocycles. The van der Waals surface area contributed by atoms with Crippen molar-refractivity contribution in [2.45, 2.75) is 32.6 Å². The Labute approximate surface area is 99.4 Å². The molecule has 4 nitrogen and oxygen atoms in total. The van der Waals surface area contributed by atoms with E-state index in [-0.39, 0.29) is 0 Å². The molecule has 0 atom stereocenters. The van der Waals surface area contributed by atoms with Gasteiger partial charge in [-0.2, -0.15) is 5.10 Å². The van der Waals surface area contributed by atoms with Crippen molar-refractivity contribution in [3.8, 4) is 0 Å². The Balaban J connectivity index is 2.55. The Bertz CT molecular complexity index is 502. The molecule has 0 unspecified atom stereocenters. The lowest BCUT2D eigenvalue weighted by Gasteiger charge is -2.05. The SMILES string of the molecule is CCC(CC)c1nc2c(N)cc(Cl)cn2n1. The summed E-state index contributed by atoms with van der Waals surface area (Å²) in [6.45, 7) is 4.27. The number of nitrogens with zero attached hydrogens (tertiary/aromatic N) is 3. The molecule has 5 heteroatoms. The second-order valence-electron chi connectivity index (χ2n) is 3.87. The van der Waals surface area contributed by atoms with Gasteiger partial charge >= 0.3 is 0 Å². The summed E-state index contributed by atoms with van der Waals surface area (Å²) in [7, 11) is 0. The van der Waals surface area contributed by atoms with Crippen LogP contribution in [0.15, 0.2) is 12.3 Å². The number of nitrogens with two attached hydrogens (primary N) is 1. The van der Waals surface area contributed by atoms with E-state index in [2.05, 4.69) is 23.9 Å². The first-order valence-electron chi connectivity index (χ1n) is 5.47. The predicted molar refractivity (Wildman–Crippen MR) is 65.7 cm³/mol. The first kappa shape index (κ1) is 11.2. The molecular formula is C11H15ClN4. The van der Waals surface area contributed by atoms with E-state index in [1.165, 1.54) is 0 Å². The normalized spacial score (nSPS) is 11.5. The van der Waals surface area contributed by atoms with Crippen LogP contribution in [-0.2, 0) is 0 Å². The van der Waals surface area contributed by atoms with Crippen LogP contribution in [0.25, 0.3) is 5.65 Å². The molecule has 0 spiro atoms. The molecule has 0 aliphatic heterocycles. The predicted octanol–water partition coefficient (Wildman–Crippen LogP) is 2.87. The summed E-state index contributed by atoms with van der Waals surface area (Å²) >= 11 is 5.91. The van der Waals surface area contributed by atoms with E-state index < -0.39 is 0 Å². The van der Waals surface area contributed by atoms with Crippen LogP contribution < -0.4 is 5.73 Å². The van der Waals surface area contributed by atoms with Gasteiger partial charge in [0.05, 0.1) is 10.7 Å². The maximum Gasteiger partial charge on any atom is 0.178 e. The molecule has 0 saturated heterocycles. The fraction of sp³-hybridized carbons (Fsp3) is 0.455. The highest BCUT2D eigenvalue weighted by atomic mass is 35.5. The largest absolute Gasteiger partial charge is 0.396 e. The third-order valence-electron chi connectivity index (χ3n) is 2.80. The van der Waals surface area contributed by atoms with Gasteiger partial charge in [0.1, 0.15) is 0 Å². The lowest BCUT2D eigenvalue weighted by Crippen LogP contribution is -1.98. The van der Waals surface area contributed by atoms with Crippen LogP contribution in [0.5, 0.6) is 0 Å². The molecule has 0 fully saturated rings. The number of anilines is 1. The number of hydrogen-bond donors (Lipinski definition) is 1. The highest BCUT2D eigenvalue weighted by molar-refractivity contribution is 6.30. The van der Waals surface area contributed by atoms with Gasteiger partial charge in [-0.05, 0) is 18.9 Å². The number of aromatic nitrogens is 3. The van der Waals surface area contributed by atoms with Gasteiger partial charge in [0.15, 0.2) is 11.5 Å². The minimum Gasteiger partial charge on any atom is -0.396 e. The van der Waals surface area contributed by atoms with E-state index >= 15 is 0 Å². The van der Waals surface area contributed by atoms with Gasteiger partial charge in [0.2, 0.25) is 0 Å². The smallest absolute Gasteiger partial charge is 0.178 e. The molecular weight excluding hydrogens is 224 g/mol. The second kappa shape index (κ2) is 4.29. The van der Waals surface area contributed by atoms with Crippen LogP contribution in [0, 0.1) is 0 Å². The Morgan fingerprint density at radius 1 is 1.44 bits per heavy atom. The van der Waals surface area contributed by atoms with Gasteiger partial charge in [-0.15, -0.1) is 0 Å². The molecule has 0 radical (unpaired) electrons. The average Bonchev–Trinajstić information content (AvgIpc) is 2.63. The Kier molecular flexibility index (Phi) is 3.01. The Hall–Kier alpha value is -1.29. The third-order valence-corrected chi connectivity index (χ3v) is 3.00. The standard InChI is InChI=1S/C11H15ClN4/c1-3-7(4-2)10-14-11-9(13)5-8(12)6-16(11)15-10/h5-7H,3-4,13H2,1-2H3. The molecule has 2 aromatic rings. The van der Waals surface area contributed by atoms with Gasteiger partial charge < -0.3 is 5.73 Å². The first-order chi connectivity index (χ1) is 7.65. The monoisotopic (exact) mass is 238 g/mol. The van der Waals surface area contributed by atoms with Crippen molar-refractivity contribution in [1.82, 2.24) is 14.6 Å². The minimum absolute atomic E-state index is 0.387. The van der Waals surface area contributed by atoms with Crippen LogP contribution in [-0.4, -0.2) is 14.6 Å². The summed E-state index contributed by atoms with van der Waals surface area (Å²) in [4.78, 5) is 4.46. The molecule has 0 aliphatic carbocycles. The van der Waals surface area contributed by atoms with Crippen molar-refractivity contribution < 1.29 is 0 Å². The molecule has 2 rings (SSSR count). The Morgan fingerprint density at radius 3 is 2.75 bits per heavy atom. The summed E-state index contributed by atoms with van der Waals surface area (Å²) in [5.41, 5.74) is 7.10. The van der Waals surface area contributed by atoms with E-state index in [9.17, 15) is 0 Å². The fourth-order valence-corrected chi connectivity index (χ4v) is 2.03. The lowest BCUT2D eigenvalue weighted by molar-refractivity contribution is 0.601. The van der Waals surface area contributed by atoms with Gasteiger partial charge in [0.25, 0.3) is 0 Å². The molecule has 2 N–H and O–H groups in total. The fourth-order valence-electron chi connectivity index (χ4n) is 1.82. The summed E-state index contributed by atoms with van der Waals surface area (Å²) in [5.74, 6) is 1.23. The second-order valence-corrected chi connectivity index (χ2v) is 4.30. The number of hydrogen-bond acceptors (Lipinski definition) is 3. The highest BCUT2D eigenvalue weighted by Gasteiger charge is 2.14. The summed E-state index contributed by atoms with van der Waals surface area (Å²) < 4.78 is 1.66. The minimum atomic E-state index is 0.387. The molecule has 86 valence electrons. The van der Waals surface area contributed by atoms with Crippen molar-refractivity contribution in [3.05, 3.63) is 23.1 Å². The summed E-state index contributed by atoms with van der Waals surface area (Å²) in [5, 5.41) is 4.99. The number of nitrogen functional groups attached to an aromatic ring is 1. The number of rotatable bonds is 3.